The number of amides is 1. The Morgan fingerprint density at radius 1 is 1.12 bits per heavy atom. The van der Waals surface area contributed by atoms with Crippen LogP contribution in [0.4, 0.5) is 0 Å². The smallest absolute Gasteiger partial charge is 0.222 e. The summed E-state index contributed by atoms with van der Waals surface area (Å²) in [6.45, 7) is 6.89. The number of carbonyl (C=O) groups excluding carboxylic acids is 1. The second-order valence-electron chi connectivity index (χ2n) is 6.33. The van der Waals surface area contributed by atoms with E-state index >= 15 is 0 Å². The highest BCUT2D eigenvalue weighted by Gasteiger charge is 2.08. The molecule has 0 saturated carbocycles. The van der Waals surface area contributed by atoms with Crippen LogP contribution < -0.4 is 16.0 Å². The van der Waals surface area contributed by atoms with Gasteiger partial charge < -0.3 is 21.1 Å². The Bertz CT molecular complexity index is 514. The summed E-state index contributed by atoms with van der Waals surface area (Å²) in [4.78, 5) is 16.5. The lowest BCUT2D eigenvalue weighted by atomic mass is 10.0. The standard InChI is InChI=1S/C20H34N4O2/c1-3-8-17(12-14-25)16-24-20(21-4-2)22-13-11-19(26)23-15-18-9-6-5-7-10-18/h5-7,9-10,17,25H,3-4,8,11-16H2,1-2H3,(H,23,26)(H2,21,22,24). The van der Waals surface area contributed by atoms with E-state index in [1.165, 1.54) is 0 Å². The number of benzene rings is 1. The predicted molar refractivity (Wildman–Crippen MR) is 107 cm³/mol. The van der Waals surface area contributed by atoms with E-state index in [-0.39, 0.29) is 12.5 Å². The van der Waals surface area contributed by atoms with Gasteiger partial charge in [0.2, 0.25) is 5.91 Å². The van der Waals surface area contributed by atoms with Crippen molar-refractivity contribution in [3.8, 4) is 0 Å². The van der Waals surface area contributed by atoms with E-state index in [2.05, 4.69) is 27.9 Å². The van der Waals surface area contributed by atoms with Gasteiger partial charge in [0.15, 0.2) is 5.96 Å². The molecule has 1 aromatic carbocycles. The summed E-state index contributed by atoms with van der Waals surface area (Å²) in [7, 11) is 0. The minimum atomic E-state index is 0.0151. The van der Waals surface area contributed by atoms with Crippen molar-refractivity contribution >= 4 is 11.9 Å². The minimum Gasteiger partial charge on any atom is -0.396 e. The molecule has 4 N–H and O–H groups in total. The summed E-state index contributed by atoms with van der Waals surface area (Å²) in [6, 6.07) is 9.87. The monoisotopic (exact) mass is 362 g/mol. The van der Waals surface area contributed by atoms with Crippen LogP contribution in [0.5, 0.6) is 0 Å². The molecule has 1 aromatic rings. The molecule has 26 heavy (non-hydrogen) atoms. The van der Waals surface area contributed by atoms with Gasteiger partial charge >= 0.3 is 0 Å². The summed E-state index contributed by atoms with van der Waals surface area (Å²) in [5.41, 5.74) is 1.09. The first-order valence-electron chi connectivity index (χ1n) is 9.63. The average Bonchev–Trinajstić information content (AvgIpc) is 2.65. The van der Waals surface area contributed by atoms with Gasteiger partial charge in [0.1, 0.15) is 0 Å². The third-order valence-electron chi connectivity index (χ3n) is 4.06. The van der Waals surface area contributed by atoms with E-state index in [4.69, 9.17) is 5.11 Å². The number of guanidine groups is 1. The molecule has 0 aromatic heterocycles. The molecule has 1 atom stereocenters. The second-order valence-corrected chi connectivity index (χ2v) is 6.33. The molecule has 0 radical (unpaired) electrons. The van der Waals surface area contributed by atoms with Gasteiger partial charge in [-0.1, -0.05) is 43.7 Å². The number of rotatable bonds is 12. The zero-order valence-electron chi connectivity index (χ0n) is 16.1. The van der Waals surface area contributed by atoms with Gasteiger partial charge in [-0.15, -0.1) is 0 Å². The van der Waals surface area contributed by atoms with Crippen molar-refractivity contribution in [1.82, 2.24) is 16.0 Å². The van der Waals surface area contributed by atoms with E-state index in [1.54, 1.807) is 0 Å². The average molecular weight is 363 g/mol. The van der Waals surface area contributed by atoms with Gasteiger partial charge in [-0.2, -0.15) is 0 Å². The van der Waals surface area contributed by atoms with Crippen molar-refractivity contribution in [2.24, 2.45) is 10.9 Å². The SMILES string of the molecule is CCCC(CCO)CN=C(NCC)NCCC(=O)NCc1ccccc1. The lowest BCUT2D eigenvalue weighted by Gasteiger charge is -2.15. The zero-order valence-corrected chi connectivity index (χ0v) is 16.1. The Balaban J connectivity index is 2.34. The first kappa shape index (κ1) is 22.0. The largest absolute Gasteiger partial charge is 0.396 e. The number of aliphatic hydroxyl groups is 1. The molecule has 1 rings (SSSR count). The van der Waals surface area contributed by atoms with Crippen LogP contribution in [0.1, 0.15) is 45.1 Å². The quantitative estimate of drug-likeness (QED) is 0.339. The molecule has 6 nitrogen and oxygen atoms in total. The van der Waals surface area contributed by atoms with Gasteiger partial charge in [0.05, 0.1) is 0 Å². The molecule has 0 aliphatic rings. The van der Waals surface area contributed by atoms with Gasteiger partial charge in [-0.3, -0.25) is 9.79 Å². The number of nitrogens with one attached hydrogen (secondary N) is 3. The highest BCUT2D eigenvalue weighted by atomic mass is 16.3. The van der Waals surface area contributed by atoms with Crippen LogP contribution in [-0.2, 0) is 11.3 Å². The molecule has 0 bridgehead atoms. The molecule has 6 heteroatoms. The van der Waals surface area contributed by atoms with Crippen molar-refractivity contribution in [2.75, 3.05) is 26.2 Å². The number of hydrogen-bond donors (Lipinski definition) is 4. The van der Waals surface area contributed by atoms with E-state index in [9.17, 15) is 4.79 Å². The number of hydrogen-bond acceptors (Lipinski definition) is 3. The number of nitrogens with zero attached hydrogens (tertiary/aromatic N) is 1. The number of carbonyl (C=O) groups is 1. The third-order valence-corrected chi connectivity index (χ3v) is 4.06. The lowest BCUT2D eigenvalue weighted by molar-refractivity contribution is -0.121. The van der Waals surface area contributed by atoms with Crippen molar-refractivity contribution in [3.63, 3.8) is 0 Å². The maximum atomic E-state index is 12.0. The molecule has 1 amide bonds. The van der Waals surface area contributed by atoms with Crippen molar-refractivity contribution in [1.29, 1.82) is 0 Å². The van der Waals surface area contributed by atoms with Crippen molar-refractivity contribution in [3.05, 3.63) is 35.9 Å². The fraction of sp³-hybridized carbons (Fsp3) is 0.600. The Morgan fingerprint density at radius 2 is 1.88 bits per heavy atom. The Labute approximate surface area is 157 Å². The van der Waals surface area contributed by atoms with Crippen LogP contribution in [-0.4, -0.2) is 43.2 Å². The Hall–Kier alpha value is -2.08. The van der Waals surface area contributed by atoms with E-state index < -0.39 is 0 Å². The van der Waals surface area contributed by atoms with Crippen molar-refractivity contribution in [2.45, 2.75) is 46.1 Å². The van der Waals surface area contributed by atoms with Crippen molar-refractivity contribution < 1.29 is 9.90 Å². The molecule has 0 aliphatic carbocycles. The molecule has 0 saturated heterocycles. The van der Waals surface area contributed by atoms with Crippen LogP contribution in [0.2, 0.25) is 0 Å². The van der Waals surface area contributed by atoms with Gasteiger partial charge in [0, 0.05) is 39.2 Å². The molecular weight excluding hydrogens is 328 g/mol. The normalized spacial score (nSPS) is 12.5. The van der Waals surface area contributed by atoms with Gasteiger partial charge in [-0.05, 0) is 31.2 Å². The highest BCUT2D eigenvalue weighted by molar-refractivity contribution is 5.81. The molecule has 0 spiro atoms. The molecule has 1 unspecified atom stereocenters. The summed E-state index contributed by atoms with van der Waals surface area (Å²) >= 11 is 0. The summed E-state index contributed by atoms with van der Waals surface area (Å²) in [6.07, 6.45) is 3.32. The molecule has 0 fully saturated rings. The first-order valence-corrected chi connectivity index (χ1v) is 9.63. The maximum Gasteiger partial charge on any atom is 0.222 e. The number of aliphatic hydroxyl groups excluding tert-OH is 1. The Kier molecular flexibility index (Phi) is 11.9. The van der Waals surface area contributed by atoms with Crippen LogP contribution in [0.25, 0.3) is 0 Å². The minimum absolute atomic E-state index is 0.0151. The van der Waals surface area contributed by atoms with E-state index in [1.807, 2.05) is 37.3 Å². The van der Waals surface area contributed by atoms with Crippen LogP contribution in [0, 0.1) is 5.92 Å². The van der Waals surface area contributed by atoms with Gasteiger partial charge in [0.25, 0.3) is 0 Å². The topological polar surface area (TPSA) is 85.8 Å². The summed E-state index contributed by atoms with van der Waals surface area (Å²) < 4.78 is 0. The third kappa shape index (κ3) is 10.0. The van der Waals surface area contributed by atoms with Crippen LogP contribution in [0.3, 0.4) is 0 Å². The highest BCUT2D eigenvalue weighted by Crippen LogP contribution is 2.10. The van der Waals surface area contributed by atoms with Crippen LogP contribution in [0.15, 0.2) is 35.3 Å². The lowest BCUT2D eigenvalue weighted by Crippen LogP contribution is -2.39. The second kappa shape index (κ2) is 14.1. The maximum absolute atomic E-state index is 12.0. The van der Waals surface area contributed by atoms with E-state index in [0.29, 0.717) is 32.0 Å². The number of aliphatic imine (C=N–C) groups is 1. The summed E-state index contributed by atoms with van der Waals surface area (Å²) in [5.74, 6) is 1.14. The molecular formula is C20H34N4O2. The predicted octanol–water partition coefficient (Wildman–Crippen LogP) is 2.05. The fourth-order valence-corrected chi connectivity index (χ4v) is 2.66. The Morgan fingerprint density at radius 3 is 2.54 bits per heavy atom. The molecule has 146 valence electrons. The molecule has 0 aliphatic heterocycles. The zero-order chi connectivity index (χ0) is 19.0. The summed E-state index contributed by atoms with van der Waals surface area (Å²) in [5, 5.41) is 18.5. The fourth-order valence-electron chi connectivity index (χ4n) is 2.66. The van der Waals surface area contributed by atoms with Crippen LogP contribution >= 0.6 is 0 Å². The molecule has 0 heterocycles. The van der Waals surface area contributed by atoms with Gasteiger partial charge in [-0.25, -0.2) is 0 Å². The van der Waals surface area contributed by atoms with E-state index in [0.717, 1.165) is 37.3 Å². The first-order chi connectivity index (χ1) is 12.7.